The lowest BCUT2D eigenvalue weighted by molar-refractivity contribution is -0.142. The number of rotatable bonds is 8. The summed E-state index contributed by atoms with van der Waals surface area (Å²) in [5, 5.41) is 15.0. The van der Waals surface area contributed by atoms with Crippen LogP contribution in [-0.2, 0) is 14.3 Å². The summed E-state index contributed by atoms with van der Waals surface area (Å²) < 4.78 is 5.61. The number of carbonyl (C=O) groups is 3. The molecule has 0 radical (unpaired) electrons. The van der Waals surface area contributed by atoms with Crippen LogP contribution in [0.3, 0.4) is 0 Å². The van der Waals surface area contributed by atoms with Crippen molar-refractivity contribution >= 4 is 18.0 Å². The van der Waals surface area contributed by atoms with Crippen LogP contribution in [0.5, 0.6) is 0 Å². The molecule has 3 N–H and O–H groups in total. The molecule has 5 rings (SSSR count). The molecule has 7 heteroatoms. The molecule has 1 fully saturated rings. The summed E-state index contributed by atoms with van der Waals surface area (Å²) in [5.74, 6) is -1.62. The number of fused-ring (bicyclic) bond motifs is 3. The summed E-state index contributed by atoms with van der Waals surface area (Å²) in [7, 11) is 0. The first-order chi connectivity index (χ1) is 17.0. The monoisotopic (exact) mass is 470 g/mol. The molecule has 178 valence electrons. The molecule has 0 unspecified atom stereocenters. The Morgan fingerprint density at radius 2 is 1.46 bits per heavy atom. The van der Waals surface area contributed by atoms with Crippen LogP contribution in [0.15, 0.2) is 78.9 Å². The summed E-state index contributed by atoms with van der Waals surface area (Å²) in [6.45, 7) is 0.192. The first-order valence-corrected chi connectivity index (χ1v) is 11.7. The van der Waals surface area contributed by atoms with Gasteiger partial charge < -0.3 is 20.5 Å². The van der Waals surface area contributed by atoms with Crippen LogP contribution >= 0.6 is 0 Å². The Labute approximate surface area is 203 Å². The van der Waals surface area contributed by atoms with Crippen molar-refractivity contribution in [1.29, 1.82) is 0 Å². The number of carbonyl (C=O) groups excluding carboxylic acids is 2. The predicted octanol–water partition coefficient (Wildman–Crippen LogP) is 4.39. The van der Waals surface area contributed by atoms with Gasteiger partial charge in [0.1, 0.15) is 6.61 Å². The van der Waals surface area contributed by atoms with Gasteiger partial charge in [0.05, 0.1) is 5.54 Å². The third-order valence-electron chi connectivity index (χ3n) is 6.75. The molecule has 2 aliphatic carbocycles. The van der Waals surface area contributed by atoms with Gasteiger partial charge in [-0.25, -0.2) is 9.59 Å². The largest absolute Gasteiger partial charge is 0.479 e. The van der Waals surface area contributed by atoms with Crippen molar-refractivity contribution in [1.82, 2.24) is 10.6 Å². The van der Waals surface area contributed by atoms with Crippen LogP contribution < -0.4 is 10.6 Å². The highest BCUT2D eigenvalue weighted by atomic mass is 16.5. The Morgan fingerprint density at radius 1 is 0.886 bits per heavy atom. The fourth-order valence-corrected chi connectivity index (χ4v) is 4.80. The SMILES string of the molecule is O=C(CC1(NC(=O)OCC2c3ccccc3-c3ccccc32)CC1)N[C@H](C(=O)O)c1ccccc1. The molecule has 2 aliphatic rings. The van der Waals surface area contributed by atoms with Crippen LogP contribution in [0.2, 0.25) is 0 Å². The highest BCUT2D eigenvalue weighted by molar-refractivity contribution is 5.86. The van der Waals surface area contributed by atoms with E-state index in [4.69, 9.17) is 4.74 Å². The van der Waals surface area contributed by atoms with E-state index in [2.05, 4.69) is 34.9 Å². The summed E-state index contributed by atoms with van der Waals surface area (Å²) >= 11 is 0. The van der Waals surface area contributed by atoms with Gasteiger partial charge in [-0.05, 0) is 40.7 Å². The van der Waals surface area contributed by atoms with Crippen molar-refractivity contribution in [2.24, 2.45) is 0 Å². The van der Waals surface area contributed by atoms with E-state index in [1.165, 1.54) is 0 Å². The molecule has 1 saturated carbocycles. The fourth-order valence-electron chi connectivity index (χ4n) is 4.80. The molecule has 0 heterocycles. The number of ether oxygens (including phenoxy) is 1. The lowest BCUT2D eigenvalue weighted by Crippen LogP contribution is -2.43. The maximum absolute atomic E-state index is 12.7. The molecular weight excluding hydrogens is 444 g/mol. The Kier molecular flexibility index (Phi) is 5.99. The van der Waals surface area contributed by atoms with Gasteiger partial charge >= 0.3 is 12.1 Å². The van der Waals surface area contributed by atoms with Crippen LogP contribution in [-0.4, -0.2) is 35.2 Å². The number of nitrogens with one attached hydrogen (secondary N) is 2. The maximum Gasteiger partial charge on any atom is 0.407 e. The second-order valence-corrected chi connectivity index (χ2v) is 9.16. The van der Waals surface area contributed by atoms with E-state index < -0.39 is 29.6 Å². The molecule has 2 amide bonds. The third kappa shape index (κ3) is 4.75. The highest BCUT2D eigenvalue weighted by Crippen LogP contribution is 2.44. The van der Waals surface area contributed by atoms with Gasteiger partial charge in [-0.15, -0.1) is 0 Å². The van der Waals surface area contributed by atoms with Crippen molar-refractivity contribution in [3.8, 4) is 11.1 Å². The van der Waals surface area contributed by atoms with E-state index in [0.29, 0.717) is 18.4 Å². The van der Waals surface area contributed by atoms with E-state index in [9.17, 15) is 19.5 Å². The van der Waals surface area contributed by atoms with E-state index >= 15 is 0 Å². The summed E-state index contributed by atoms with van der Waals surface area (Å²) in [6, 6.07) is 23.6. The van der Waals surface area contributed by atoms with E-state index in [1.54, 1.807) is 30.3 Å². The van der Waals surface area contributed by atoms with E-state index in [-0.39, 0.29) is 18.9 Å². The summed E-state index contributed by atoms with van der Waals surface area (Å²) in [6.07, 6.45) is 0.685. The van der Waals surface area contributed by atoms with E-state index in [1.807, 2.05) is 24.3 Å². The molecule has 0 aromatic heterocycles. The minimum Gasteiger partial charge on any atom is -0.479 e. The molecule has 7 nitrogen and oxygen atoms in total. The predicted molar refractivity (Wildman–Crippen MR) is 130 cm³/mol. The van der Waals surface area contributed by atoms with Crippen molar-refractivity contribution < 1.29 is 24.2 Å². The van der Waals surface area contributed by atoms with Crippen LogP contribution in [0.4, 0.5) is 4.79 Å². The average Bonchev–Trinajstić information content (AvgIpc) is 3.53. The molecule has 0 bridgehead atoms. The van der Waals surface area contributed by atoms with Crippen molar-refractivity contribution in [2.75, 3.05) is 6.61 Å². The highest BCUT2D eigenvalue weighted by Gasteiger charge is 2.46. The lowest BCUT2D eigenvalue weighted by Gasteiger charge is -2.20. The maximum atomic E-state index is 12.7. The molecule has 0 spiro atoms. The Morgan fingerprint density at radius 3 is 2.03 bits per heavy atom. The van der Waals surface area contributed by atoms with Gasteiger partial charge in [0.15, 0.2) is 6.04 Å². The average molecular weight is 471 g/mol. The number of alkyl carbamates (subject to hydrolysis) is 1. The number of carboxylic acid groups (broad SMARTS) is 1. The molecule has 3 aromatic carbocycles. The lowest BCUT2D eigenvalue weighted by atomic mass is 9.98. The molecule has 1 atom stereocenters. The first-order valence-electron chi connectivity index (χ1n) is 11.7. The van der Waals surface area contributed by atoms with E-state index in [0.717, 1.165) is 22.3 Å². The Bertz CT molecular complexity index is 1220. The van der Waals surface area contributed by atoms with Crippen molar-refractivity contribution in [2.45, 2.75) is 36.8 Å². The van der Waals surface area contributed by atoms with Gasteiger partial charge in [0.2, 0.25) is 5.91 Å². The van der Waals surface area contributed by atoms with Gasteiger partial charge in [-0.2, -0.15) is 0 Å². The zero-order chi connectivity index (χ0) is 24.4. The van der Waals surface area contributed by atoms with Gasteiger partial charge in [-0.3, -0.25) is 4.79 Å². The molecule has 35 heavy (non-hydrogen) atoms. The number of benzene rings is 3. The third-order valence-corrected chi connectivity index (χ3v) is 6.75. The number of aliphatic carboxylic acids is 1. The molecule has 3 aromatic rings. The zero-order valence-electron chi connectivity index (χ0n) is 19.1. The van der Waals surface area contributed by atoms with Crippen molar-refractivity contribution in [3.63, 3.8) is 0 Å². The molecule has 0 saturated heterocycles. The Balaban J connectivity index is 1.19. The summed E-state index contributed by atoms with van der Waals surface area (Å²) in [4.78, 5) is 37.0. The quantitative estimate of drug-likeness (QED) is 0.453. The second-order valence-electron chi connectivity index (χ2n) is 9.16. The number of carboxylic acids is 1. The van der Waals surface area contributed by atoms with Crippen molar-refractivity contribution in [3.05, 3.63) is 95.6 Å². The van der Waals surface area contributed by atoms with Crippen LogP contribution in [0.25, 0.3) is 11.1 Å². The van der Waals surface area contributed by atoms with Gasteiger partial charge in [0.25, 0.3) is 0 Å². The Hall–Kier alpha value is -4.13. The minimum absolute atomic E-state index is 0.00614. The fraction of sp³-hybridized carbons (Fsp3) is 0.250. The molecular formula is C28H26N2O5. The number of amides is 2. The van der Waals surface area contributed by atoms with Crippen LogP contribution in [0, 0.1) is 0 Å². The normalized spacial score (nSPS) is 15.9. The van der Waals surface area contributed by atoms with Gasteiger partial charge in [0, 0.05) is 12.3 Å². The van der Waals surface area contributed by atoms with Crippen LogP contribution in [0.1, 0.15) is 47.9 Å². The summed E-state index contributed by atoms with van der Waals surface area (Å²) in [5.41, 5.74) is 4.34. The number of hydrogen-bond donors (Lipinski definition) is 3. The zero-order valence-corrected chi connectivity index (χ0v) is 19.1. The standard InChI is InChI=1S/C28H26N2O5/c31-24(29-25(26(32)33)18-8-2-1-3-9-18)16-28(14-15-28)30-27(34)35-17-23-21-12-6-4-10-19(21)20-11-5-7-13-22(20)23/h1-13,23,25H,14-17H2,(H,29,31)(H,30,34)(H,32,33)/t25-/m0/s1. The minimum atomic E-state index is -1.14. The van der Waals surface area contributed by atoms with Gasteiger partial charge in [-0.1, -0.05) is 78.9 Å². The smallest absolute Gasteiger partial charge is 0.407 e. The first kappa shape index (κ1) is 22.7. The molecule has 0 aliphatic heterocycles. The number of hydrogen-bond acceptors (Lipinski definition) is 4. The second kappa shape index (κ2) is 9.25. The topological polar surface area (TPSA) is 105 Å².